The summed E-state index contributed by atoms with van der Waals surface area (Å²) in [6.07, 6.45) is 0. The van der Waals surface area contributed by atoms with Crippen LogP contribution in [-0.2, 0) is 0 Å². The fraction of sp³-hybridized carbons (Fsp3) is 0.222. The number of aromatic nitrogens is 1. The van der Waals surface area contributed by atoms with E-state index in [1.807, 2.05) is 31.4 Å². The fourth-order valence-electron chi connectivity index (χ4n) is 2.22. The van der Waals surface area contributed by atoms with Gasteiger partial charge in [-0.3, -0.25) is 4.79 Å². The normalized spacial score (nSPS) is 10.5. The van der Waals surface area contributed by atoms with Gasteiger partial charge in [0, 0.05) is 17.1 Å². The van der Waals surface area contributed by atoms with Gasteiger partial charge in [-0.05, 0) is 37.4 Å². The number of ether oxygens (including phenoxy) is 2. The van der Waals surface area contributed by atoms with Crippen LogP contribution in [0.5, 0.6) is 11.5 Å². The Morgan fingerprint density at radius 1 is 1.12 bits per heavy atom. The van der Waals surface area contributed by atoms with Gasteiger partial charge in [-0.1, -0.05) is 6.07 Å². The molecule has 1 N–H and O–H groups in total. The molecule has 0 saturated heterocycles. The molecule has 1 aromatic carbocycles. The molecule has 0 spiro atoms. The maximum absolute atomic E-state index is 12.4. The molecule has 130 valence electrons. The first-order chi connectivity index (χ1) is 12.2. The number of anilines is 1. The number of nitrogens with one attached hydrogen (secondary N) is 1. The molecule has 5 nitrogen and oxygen atoms in total. The zero-order valence-electron chi connectivity index (χ0n) is 13.9. The number of rotatable bonds is 7. The highest BCUT2D eigenvalue weighted by molar-refractivity contribution is 7.20. The second-order valence-electron chi connectivity index (χ2n) is 5.00. The van der Waals surface area contributed by atoms with E-state index in [2.05, 4.69) is 10.3 Å². The number of carbonyl (C=O) groups is 1. The maximum Gasteiger partial charge on any atom is 0.275 e. The van der Waals surface area contributed by atoms with Crippen LogP contribution in [-0.4, -0.2) is 24.1 Å². The molecule has 0 aliphatic rings. The van der Waals surface area contributed by atoms with Gasteiger partial charge in [0.1, 0.15) is 10.7 Å². The Morgan fingerprint density at radius 2 is 1.92 bits per heavy atom. The maximum atomic E-state index is 12.4. The molecule has 1 amide bonds. The molecule has 0 bridgehead atoms. The van der Waals surface area contributed by atoms with Crippen molar-refractivity contribution in [1.29, 1.82) is 0 Å². The lowest BCUT2D eigenvalue weighted by atomic mass is 10.2. The fourth-order valence-corrected chi connectivity index (χ4v) is 3.83. The second kappa shape index (κ2) is 8.13. The van der Waals surface area contributed by atoms with Crippen molar-refractivity contribution in [3.05, 3.63) is 46.8 Å². The van der Waals surface area contributed by atoms with Gasteiger partial charge in [0.05, 0.1) is 18.1 Å². The quantitative estimate of drug-likeness (QED) is 0.637. The third-order valence-corrected chi connectivity index (χ3v) is 5.15. The van der Waals surface area contributed by atoms with Gasteiger partial charge < -0.3 is 14.8 Å². The first-order valence-corrected chi connectivity index (χ1v) is 9.67. The Hall–Kier alpha value is -2.38. The number of benzene rings is 1. The minimum Gasteiger partial charge on any atom is -0.490 e. The van der Waals surface area contributed by atoms with E-state index in [-0.39, 0.29) is 5.91 Å². The lowest BCUT2D eigenvalue weighted by Gasteiger charge is -2.12. The molecule has 0 fully saturated rings. The SMILES string of the molecule is CCOc1ccc(NC(=O)c2csc(-c3cccs3)n2)cc1OCC. The number of nitrogens with zero attached hydrogens (tertiary/aromatic N) is 1. The van der Waals surface area contributed by atoms with Crippen LogP contribution in [0.4, 0.5) is 5.69 Å². The minimum atomic E-state index is -0.245. The van der Waals surface area contributed by atoms with Crippen LogP contribution >= 0.6 is 22.7 Å². The van der Waals surface area contributed by atoms with Crippen molar-refractivity contribution in [1.82, 2.24) is 4.98 Å². The molecular formula is C18H18N2O3S2. The molecule has 0 aliphatic heterocycles. The molecule has 0 aliphatic carbocycles. The summed E-state index contributed by atoms with van der Waals surface area (Å²) in [5.41, 5.74) is 1.04. The van der Waals surface area contributed by atoms with E-state index < -0.39 is 0 Å². The van der Waals surface area contributed by atoms with Gasteiger partial charge in [0.25, 0.3) is 5.91 Å². The minimum absolute atomic E-state index is 0.245. The summed E-state index contributed by atoms with van der Waals surface area (Å²) in [6, 6.07) is 9.31. The van der Waals surface area contributed by atoms with Gasteiger partial charge >= 0.3 is 0 Å². The number of thiophene rings is 1. The van der Waals surface area contributed by atoms with Crippen LogP contribution in [0, 0.1) is 0 Å². The number of carbonyl (C=O) groups excluding carboxylic acids is 1. The van der Waals surface area contributed by atoms with E-state index in [0.717, 1.165) is 9.88 Å². The Bertz CT molecular complexity index is 844. The predicted molar refractivity (Wildman–Crippen MR) is 102 cm³/mol. The molecule has 0 atom stereocenters. The predicted octanol–water partition coefficient (Wildman–Crippen LogP) is 4.92. The molecular weight excluding hydrogens is 356 g/mol. The van der Waals surface area contributed by atoms with E-state index in [4.69, 9.17) is 9.47 Å². The highest BCUT2D eigenvalue weighted by Gasteiger charge is 2.14. The first kappa shape index (κ1) is 17.4. The van der Waals surface area contributed by atoms with Crippen molar-refractivity contribution in [3.63, 3.8) is 0 Å². The topological polar surface area (TPSA) is 60.5 Å². The summed E-state index contributed by atoms with van der Waals surface area (Å²) < 4.78 is 11.1. The molecule has 0 radical (unpaired) electrons. The largest absolute Gasteiger partial charge is 0.490 e. The van der Waals surface area contributed by atoms with Gasteiger partial charge in [0.15, 0.2) is 11.5 Å². The molecule has 3 aromatic rings. The van der Waals surface area contributed by atoms with E-state index in [1.54, 1.807) is 34.9 Å². The molecule has 2 aromatic heterocycles. The zero-order valence-corrected chi connectivity index (χ0v) is 15.6. The first-order valence-electron chi connectivity index (χ1n) is 7.91. The summed E-state index contributed by atoms with van der Waals surface area (Å²) in [4.78, 5) is 17.9. The van der Waals surface area contributed by atoms with Crippen molar-refractivity contribution < 1.29 is 14.3 Å². The van der Waals surface area contributed by atoms with Gasteiger partial charge in [-0.25, -0.2) is 4.98 Å². The summed E-state index contributed by atoms with van der Waals surface area (Å²) in [7, 11) is 0. The van der Waals surface area contributed by atoms with Gasteiger partial charge in [-0.15, -0.1) is 22.7 Å². The average Bonchev–Trinajstić information content (AvgIpc) is 3.28. The van der Waals surface area contributed by atoms with E-state index >= 15 is 0 Å². The van der Waals surface area contributed by atoms with Crippen LogP contribution in [0.15, 0.2) is 41.1 Å². The Labute approximate surface area is 154 Å². The van der Waals surface area contributed by atoms with E-state index in [0.29, 0.717) is 36.1 Å². The number of thiazole rings is 1. The summed E-state index contributed by atoms with van der Waals surface area (Å²) in [5.74, 6) is 1.03. The summed E-state index contributed by atoms with van der Waals surface area (Å²) in [5, 5.41) is 7.46. The van der Waals surface area contributed by atoms with Crippen molar-refractivity contribution in [2.24, 2.45) is 0 Å². The van der Waals surface area contributed by atoms with Crippen LogP contribution < -0.4 is 14.8 Å². The Balaban J connectivity index is 1.75. The zero-order chi connectivity index (χ0) is 17.6. The average molecular weight is 374 g/mol. The van der Waals surface area contributed by atoms with E-state index in [9.17, 15) is 4.79 Å². The van der Waals surface area contributed by atoms with Gasteiger partial charge in [0.2, 0.25) is 0 Å². The molecule has 25 heavy (non-hydrogen) atoms. The number of hydrogen-bond donors (Lipinski definition) is 1. The lowest BCUT2D eigenvalue weighted by molar-refractivity contribution is 0.102. The monoisotopic (exact) mass is 374 g/mol. The smallest absolute Gasteiger partial charge is 0.275 e. The van der Waals surface area contributed by atoms with E-state index in [1.165, 1.54) is 11.3 Å². The highest BCUT2D eigenvalue weighted by atomic mass is 32.1. The summed E-state index contributed by atoms with van der Waals surface area (Å²) in [6.45, 7) is 4.89. The van der Waals surface area contributed by atoms with Crippen molar-refractivity contribution >= 4 is 34.3 Å². The molecule has 7 heteroatoms. The Kier molecular flexibility index (Phi) is 5.67. The van der Waals surface area contributed by atoms with Crippen molar-refractivity contribution in [3.8, 4) is 21.4 Å². The van der Waals surface area contributed by atoms with Crippen LogP contribution in [0.25, 0.3) is 9.88 Å². The van der Waals surface area contributed by atoms with Crippen LogP contribution in [0.1, 0.15) is 24.3 Å². The second-order valence-corrected chi connectivity index (χ2v) is 6.80. The third kappa shape index (κ3) is 4.18. The number of amides is 1. The van der Waals surface area contributed by atoms with Gasteiger partial charge in [-0.2, -0.15) is 0 Å². The van der Waals surface area contributed by atoms with Crippen molar-refractivity contribution in [2.45, 2.75) is 13.8 Å². The Morgan fingerprint density at radius 3 is 2.64 bits per heavy atom. The molecule has 3 rings (SSSR count). The lowest BCUT2D eigenvalue weighted by Crippen LogP contribution is -2.12. The summed E-state index contributed by atoms with van der Waals surface area (Å²) >= 11 is 3.06. The molecule has 0 unspecified atom stereocenters. The highest BCUT2D eigenvalue weighted by Crippen LogP contribution is 2.31. The van der Waals surface area contributed by atoms with Crippen molar-refractivity contribution in [2.75, 3.05) is 18.5 Å². The third-order valence-electron chi connectivity index (χ3n) is 3.27. The molecule has 0 saturated carbocycles. The number of hydrogen-bond acceptors (Lipinski definition) is 6. The molecule has 2 heterocycles. The van der Waals surface area contributed by atoms with Crippen LogP contribution in [0.2, 0.25) is 0 Å². The van der Waals surface area contributed by atoms with Crippen LogP contribution in [0.3, 0.4) is 0 Å². The standard InChI is InChI=1S/C18H18N2O3S2/c1-3-22-14-8-7-12(10-15(14)23-4-2)19-17(21)13-11-25-18(20-13)16-6-5-9-24-16/h5-11H,3-4H2,1-2H3,(H,19,21).